The molecule has 4 rings (SSSR count). The molecular formula is C21H27N3O3. The normalized spacial score (nSPS) is 30.9. The standard InChI is InChI=1S/C21H27N3O3/c1-11-6-7-16-17(8-11)21(27)24(20(16)26)12(2)19(25)23-18-13-4-3-5-14(18)10-15(22)9-13/h6-8,12-15,18H,3-5,9-10,22H2,1-2H3,(H,23,25). The second-order valence-electron chi connectivity index (χ2n) is 8.42. The first-order valence-electron chi connectivity index (χ1n) is 9.91. The summed E-state index contributed by atoms with van der Waals surface area (Å²) >= 11 is 0. The van der Waals surface area contributed by atoms with Crippen LogP contribution in [0.25, 0.3) is 0 Å². The summed E-state index contributed by atoms with van der Waals surface area (Å²) < 4.78 is 0. The van der Waals surface area contributed by atoms with Gasteiger partial charge in [0, 0.05) is 12.1 Å². The predicted molar refractivity (Wildman–Crippen MR) is 101 cm³/mol. The minimum absolute atomic E-state index is 0.103. The van der Waals surface area contributed by atoms with Crippen LogP contribution in [0, 0.1) is 18.8 Å². The molecule has 0 radical (unpaired) electrons. The quantitative estimate of drug-likeness (QED) is 0.797. The van der Waals surface area contributed by atoms with Crippen LogP contribution in [0.3, 0.4) is 0 Å². The van der Waals surface area contributed by atoms with Crippen LogP contribution in [0.1, 0.15) is 65.3 Å². The Balaban J connectivity index is 1.50. The second-order valence-corrected chi connectivity index (χ2v) is 8.42. The maximum atomic E-state index is 12.9. The first kappa shape index (κ1) is 18.2. The van der Waals surface area contributed by atoms with Gasteiger partial charge >= 0.3 is 0 Å². The average molecular weight is 369 g/mol. The Hall–Kier alpha value is -2.21. The number of rotatable bonds is 3. The van der Waals surface area contributed by atoms with Gasteiger partial charge in [0.2, 0.25) is 5.91 Å². The molecule has 2 aliphatic carbocycles. The molecule has 6 nitrogen and oxygen atoms in total. The van der Waals surface area contributed by atoms with Crippen molar-refractivity contribution in [3.8, 4) is 0 Å². The van der Waals surface area contributed by atoms with Crippen molar-refractivity contribution in [3.05, 3.63) is 34.9 Å². The maximum Gasteiger partial charge on any atom is 0.262 e. The summed E-state index contributed by atoms with van der Waals surface area (Å²) in [5.74, 6) is -0.226. The summed E-state index contributed by atoms with van der Waals surface area (Å²) in [6.07, 6.45) is 5.21. The van der Waals surface area contributed by atoms with Crippen LogP contribution < -0.4 is 11.1 Å². The Morgan fingerprint density at radius 1 is 1.15 bits per heavy atom. The van der Waals surface area contributed by atoms with E-state index in [4.69, 9.17) is 5.73 Å². The fourth-order valence-electron chi connectivity index (χ4n) is 5.15. The Morgan fingerprint density at radius 2 is 1.78 bits per heavy atom. The van der Waals surface area contributed by atoms with E-state index in [1.54, 1.807) is 19.1 Å². The Bertz CT molecular complexity index is 792. The maximum absolute atomic E-state index is 12.9. The van der Waals surface area contributed by atoms with Crippen LogP contribution in [0.5, 0.6) is 0 Å². The van der Waals surface area contributed by atoms with Gasteiger partial charge in [-0.25, -0.2) is 0 Å². The predicted octanol–water partition coefficient (Wildman–Crippen LogP) is 2.00. The van der Waals surface area contributed by atoms with Crippen molar-refractivity contribution < 1.29 is 14.4 Å². The molecule has 3 unspecified atom stereocenters. The van der Waals surface area contributed by atoms with E-state index in [0.29, 0.717) is 23.0 Å². The minimum atomic E-state index is -0.825. The van der Waals surface area contributed by atoms with Gasteiger partial charge in [0.1, 0.15) is 6.04 Å². The summed E-state index contributed by atoms with van der Waals surface area (Å²) in [5, 5.41) is 3.16. The molecule has 2 bridgehead atoms. The lowest BCUT2D eigenvalue weighted by molar-refractivity contribution is -0.126. The third kappa shape index (κ3) is 3.06. The van der Waals surface area contributed by atoms with E-state index in [-0.39, 0.29) is 29.8 Å². The molecule has 3 aliphatic rings. The van der Waals surface area contributed by atoms with Crippen LogP contribution in [-0.2, 0) is 4.79 Å². The number of nitrogens with two attached hydrogens (primary N) is 1. The van der Waals surface area contributed by atoms with E-state index >= 15 is 0 Å². The van der Waals surface area contributed by atoms with Crippen LogP contribution in [0.2, 0.25) is 0 Å². The third-order valence-corrected chi connectivity index (χ3v) is 6.53. The fraction of sp³-hybridized carbons (Fsp3) is 0.571. The van der Waals surface area contributed by atoms with E-state index in [1.807, 2.05) is 13.0 Å². The molecule has 0 spiro atoms. The Labute approximate surface area is 159 Å². The van der Waals surface area contributed by atoms with E-state index in [0.717, 1.165) is 36.1 Å². The topological polar surface area (TPSA) is 92.5 Å². The molecule has 1 aliphatic heterocycles. The Morgan fingerprint density at radius 3 is 2.44 bits per heavy atom. The summed E-state index contributed by atoms with van der Waals surface area (Å²) in [7, 11) is 0. The summed E-state index contributed by atoms with van der Waals surface area (Å²) in [4.78, 5) is 39.5. The number of benzene rings is 1. The third-order valence-electron chi connectivity index (χ3n) is 6.53. The Kier molecular flexibility index (Phi) is 4.54. The average Bonchev–Trinajstić information content (AvgIpc) is 2.85. The zero-order valence-corrected chi connectivity index (χ0v) is 15.9. The highest BCUT2D eigenvalue weighted by Crippen LogP contribution is 2.39. The van der Waals surface area contributed by atoms with Crippen molar-refractivity contribution >= 4 is 17.7 Å². The number of aryl methyl sites for hydroxylation is 1. The number of imide groups is 1. The van der Waals surface area contributed by atoms with Crippen molar-refractivity contribution in [2.24, 2.45) is 17.6 Å². The van der Waals surface area contributed by atoms with Gasteiger partial charge in [0.05, 0.1) is 11.1 Å². The van der Waals surface area contributed by atoms with Gasteiger partial charge in [0.15, 0.2) is 0 Å². The number of carbonyl (C=O) groups excluding carboxylic acids is 3. The van der Waals surface area contributed by atoms with E-state index < -0.39 is 6.04 Å². The number of nitrogens with zero attached hydrogens (tertiary/aromatic N) is 1. The van der Waals surface area contributed by atoms with E-state index in [2.05, 4.69) is 5.32 Å². The van der Waals surface area contributed by atoms with Crippen LogP contribution in [-0.4, -0.2) is 40.7 Å². The monoisotopic (exact) mass is 369 g/mol. The molecule has 1 aromatic carbocycles. The lowest BCUT2D eigenvalue weighted by atomic mass is 9.67. The number of nitrogens with one attached hydrogen (secondary N) is 1. The van der Waals surface area contributed by atoms with Crippen LogP contribution in [0.15, 0.2) is 18.2 Å². The molecule has 3 amide bonds. The first-order chi connectivity index (χ1) is 12.9. The fourth-order valence-corrected chi connectivity index (χ4v) is 5.15. The molecule has 2 saturated carbocycles. The van der Waals surface area contributed by atoms with E-state index in [9.17, 15) is 14.4 Å². The van der Waals surface area contributed by atoms with Gasteiger partial charge in [0.25, 0.3) is 11.8 Å². The van der Waals surface area contributed by atoms with Crippen molar-refractivity contribution in [3.63, 3.8) is 0 Å². The number of carbonyl (C=O) groups is 3. The lowest BCUT2D eigenvalue weighted by Crippen LogP contribution is -2.57. The highest BCUT2D eigenvalue weighted by Gasteiger charge is 2.44. The minimum Gasteiger partial charge on any atom is -0.351 e. The zero-order valence-electron chi connectivity index (χ0n) is 15.9. The number of hydrogen-bond acceptors (Lipinski definition) is 4. The van der Waals surface area contributed by atoms with Crippen molar-refractivity contribution in [2.45, 2.75) is 64.1 Å². The summed E-state index contributed by atoms with van der Waals surface area (Å²) in [5.41, 5.74) is 7.85. The van der Waals surface area contributed by atoms with Gasteiger partial charge in [-0.15, -0.1) is 0 Å². The zero-order chi connectivity index (χ0) is 19.3. The molecule has 2 fully saturated rings. The SMILES string of the molecule is Cc1ccc2c(c1)C(=O)N(C(C)C(=O)NC1C3CCCC1CC(N)C3)C2=O. The molecule has 1 heterocycles. The molecule has 144 valence electrons. The second kappa shape index (κ2) is 6.75. The van der Waals surface area contributed by atoms with Gasteiger partial charge in [-0.05, 0) is 63.5 Å². The van der Waals surface area contributed by atoms with Crippen LogP contribution >= 0.6 is 0 Å². The molecule has 0 saturated heterocycles. The van der Waals surface area contributed by atoms with Gasteiger partial charge in [-0.3, -0.25) is 19.3 Å². The molecule has 3 N–H and O–H groups in total. The highest BCUT2D eigenvalue weighted by atomic mass is 16.2. The molecule has 0 aromatic heterocycles. The van der Waals surface area contributed by atoms with E-state index in [1.165, 1.54) is 6.42 Å². The van der Waals surface area contributed by atoms with Crippen molar-refractivity contribution in [1.82, 2.24) is 10.2 Å². The summed E-state index contributed by atoms with van der Waals surface area (Å²) in [6.45, 7) is 3.51. The number of hydrogen-bond donors (Lipinski definition) is 2. The highest BCUT2D eigenvalue weighted by molar-refractivity contribution is 6.22. The number of amides is 3. The smallest absolute Gasteiger partial charge is 0.262 e. The summed E-state index contributed by atoms with van der Waals surface area (Å²) in [6, 6.07) is 4.69. The van der Waals surface area contributed by atoms with Crippen molar-refractivity contribution in [1.29, 1.82) is 0 Å². The lowest BCUT2D eigenvalue weighted by Gasteiger charge is -2.45. The molecule has 27 heavy (non-hydrogen) atoms. The van der Waals surface area contributed by atoms with Gasteiger partial charge < -0.3 is 11.1 Å². The number of fused-ring (bicyclic) bond motifs is 3. The molecule has 3 atom stereocenters. The van der Waals surface area contributed by atoms with Gasteiger partial charge in [-0.2, -0.15) is 0 Å². The molecule has 1 aromatic rings. The molecular weight excluding hydrogens is 342 g/mol. The first-order valence-corrected chi connectivity index (χ1v) is 9.91. The van der Waals surface area contributed by atoms with Gasteiger partial charge in [-0.1, -0.05) is 18.1 Å². The largest absolute Gasteiger partial charge is 0.351 e. The molecule has 6 heteroatoms. The van der Waals surface area contributed by atoms with Crippen LogP contribution in [0.4, 0.5) is 0 Å². The van der Waals surface area contributed by atoms with Crippen molar-refractivity contribution in [2.75, 3.05) is 0 Å².